The van der Waals surface area contributed by atoms with Gasteiger partial charge in [-0.2, -0.15) is 0 Å². The van der Waals surface area contributed by atoms with Crippen LogP contribution in [0.4, 0.5) is 0 Å². The second-order valence-electron chi connectivity index (χ2n) is 11.8. The van der Waals surface area contributed by atoms with E-state index in [1.165, 1.54) is 14.2 Å². The molecule has 0 radical (unpaired) electrons. The molecule has 0 aromatic heterocycles. The summed E-state index contributed by atoms with van der Waals surface area (Å²) in [4.78, 5) is 26.6. The highest BCUT2D eigenvalue weighted by atomic mass is 16.7. The highest BCUT2D eigenvalue weighted by Crippen LogP contribution is 2.55. The third-order valence-corrected chi connectivity index (χ3v) is 8.89. The lowest BCUT2D eigenvalue weighted by atomic mass is 9.65. The third-order valence-electron chi connectivity index (χ3n) is 8.89. The van der Waals surface area contributed by atoms with Gasteiger partial charge in [0.1, 0.15) is 0 Å². The fourth-order valence-electron chi connectivity index (χ4n) is 6.60. The Bertz CT molecular complexity index is 1310. The lowest BCUT2D eigenvalue weighted by molar-refractivity contribution is -0.141. The summed E-state index contributed by atoms with van der Waals surface area (Å²) in [6.45, 7) is 4.68. The molecular weight excluding hydrogens is 580 g/mol. The maximum Gasteiger partial charge on any atom is 0.310 e. The average Bonchev–Trinajstić information content (AvgIpc) is 3.67. The Morgan fingerprint density at radius 1 is 0.889 bits per heavy atom. The number of rotatable bonds is 17. The van der Waals surface area contributed by atoms with Crippen LogP contribution in [0.1, 0.15) is 67.2 Å². The van der Waals surface area contributed by atoms with Crippen LogP contribution in [0, 0.1) is 11.8 Å². The van der Waals surface area contributed by atoms with Crippen LogP contribution in [0.5, 0.6) is 28.7 Å². The predicted molar refractivity (Wildman–Crippen MR) is 167 cm³/mol. The number of amides is 1. The van der Waals surface area contributed by atoms with Gasteiger partial charge in [-0.1, -0.05) is 0 Å². The molecule has 246 valence electrons. The molecule has 1 fully saturated rings. The molecule has 12 heteroatoms. The predicted octanol–water partition coefficient (Wildman–Crippen LogP) is 2.71. The molecule has 4 atom stereocenters. The maximum absolute atomic E-state index is 13.3. The van der Waals surface area contributed by atoms with E-state index >= 15 is 0 Å². The van der Waals surface area contributed by atoms with Crippen molar-refractivity contribution in [2.24, 2.45) is 17.6 Å². The van der Waals surface area contributed by atoms with Gasteiger partial charge in [-0.05, 0) is 106 Å². The van der Waals surface area contributed by atoms with Crippen molar-refractivity contribution in [2.45, 2.75) is 50.5 Å². The SMILES string of the molecule is COc1cc(C2c3cc4c(cc3C(NC(=O)CCCNCCCCNCCCCN)C3COC(=O)C23)OCO4)cc(OC)c1O. The molecule has 1 aliphatic carbocycles. The van der Waals surface area contributed by atoms with Crippen molar-refractivity contribution in [3.8, 4) is 28.7 Å². The summed E-state index contributed by atoms with van der Waals surface area (Å²) in [5, 5.41) is 20.7. The molecule has 6 N–H and O–H groups in total. The van der Waals surface area contributed by atoms with E-state index in [-0.39, 0.29) is 48.4 Å². The Balaban J connectivity index is 1.27. The van der Waals surface area contributed by atoms with E-state index in [4.69, 9.17) is 29.4 Å². The molecule has 0 saturated carbocycles. The molecule has 0 spiro atoms. The number of phenols is 1. The number of methoxy groups -OCH3 is 2. The largest absolute Gasteiger partial charge is 0.502 e. The molecule has 2 aromatic carbocycles. The average molecular weight is 627 g/mol. The minimum absolute atomic E-state index is 0.0865. The molecule has 12 nitrogen and oxygen atoms in total. The number of hydrogen-bond donors (Lipinski definition) is 5. The molecule has 4 unspecified atom stereocenters. The van der Waals surface area contributed by atoms with Gasteiger partial charge in [0, 0.05) is 18.3 Å². The van der Waals surface area contributed by atoms with Crippen LogP contribution < -0.4 is 40.6 Å². The summed E-state index contributed by atoms with van der Waals surface area (Å²) in [5.41, 5.74) is 7.90. The number of nitrogens with one attached hydrogen (secondary N) is 3. The number of nitrogens with two attached hydrogens (primary N) is 1. The Labute approximate surface area is 264 Å². The van der Waals surface area contributed by atoms with E-state index in [2.05, 4.69) is 16.0 Å². The van der Waals surface area contributed by atoms with Gasteiger partial charge in [0.2, 0.25) is 18.4 Å². The molecule has 0 bridgehead atoms. The monoisotopic (exact) mass is 626 g/mol. The number of carbonyl (C=O) groups excluding carboxylic acids is 2. The van der Waals surface area contributed by atoms with E-state index in [0.717, 1.165) is 69.5 Å². The van der Waals surface area contributed by atoms with Gasteiger partial charge in [-0.15, -0.1) is 0 Å². The van der Waals surface area contributed by atoms with Gasteiger partial charge < -0.3 is 50.5 Å². The summed E-state index contributed by atoms with van der Waals surface area (Å²) in [5.74, 6) is -0.289. The Morgan fingerprint density at radius 2 is 1.49 bits per heavy atom. The van der Waals surface area contributed by atoms with Crippen LogP contribution in [0.3, 0.4) is 0 Å². The standard InChI is InChI=1S/C33H46N4O8/c1-41-26-14-20(15-27(42-2)32(26)39)29-21-16-24-25(45-19-44-24)17-22(21)31(23-18-43-33(40)30(23)29)37-28(38)8-7-13-36-12-6-5-11-35-10-4-3-9-34/h14-17,23,29-31,35-36,39H,3-13,18-19,34H2,1-2H3,(H,37,38). The van der Waals surface area contributed by atoms with Crippen LogP contribution in [-0.2, 0) is 14.3 Å². The highest BCUT2D eigenvalue weighted by molar-refractivity contribution is 5.81. The summed E-state index contributed by atoms with van der Waals surface area (Å²) in [6, 6.07) is 6.75. The van der Waals surface area contributed by atoms with Gasteiger partial charge in [0.25, 0.3) is 0 Å². The van der Waals surface area contributed by atoms with Crippen LogP contribution in [-0.4, -0.2) is 77.3 Å². The van der Waals surface area contributed by atoms with Crippen molar-refractivity contribution in [3.63, 3.8) is 0 Å². The molecular formula is C33H46N4O8. The highest BCUT2D eigenvalue weighted by Gasteiger charge is 2.53. The van der Waals surface area contributed by atoms with Crippen molar-refractivity contribution in [2.75, 3.05) is 60.3 Å². The normalized spacial score (nSPS) is 21.2. The molecule has 45 heavy (non-hydrogen) atoms. The minimum Gasteiger partial charge on any atom is -0.502 e. The Morgan fingerprint density at radius 3 is 2.11 bits per heavy atom. The molecule has 2 heterocycles. The fourth-order valence-corrected chi connectivity index (χ4v) is 6.60. The fraction of sp³-hybridized carbons (Fsp3) is 0.576. The summed E-state index contributed by atoms with van der Waals surface area (Å²) in [6.07, 6.45) is 5.39. The number of unbranched alkanes of at least 4 members (excludes halogenated alkanes) is 2. The lowest BCUT2D eigenvalue weighted by Crippen LogP contribution is -2.42. The van der Waals surface area contributed by atoms with Crippen molar-refractivity contribution >= 4 is 11.9 Å². The molecule has 3 aliphatic rings. The number of fused-ring (bicyclic) bond motifs is 3. The quantitative estimate of drug-likeness (QED) is 0.130. The van der Waals surface area contributed by atoms with Crippen molar-refractivity contribution in [1.29, 1.82) is 0 Å². The minimum atomic E-state index is -0.584. The number of esters is 1. The van der Waals surface area contributed by atoms with E-state index in [1.807, 2.05) is 12.1 Å². The first-order valence-corrected chi connectivity index (χ1v) is 15.9. The number of carbonyl (C=O) groups is 2. The van der Waals surface area contributed by atoms with Gasteiger partial charge in [0.05, 0.1) is 32.8 Å². The van der Waals surface area contributed by atoms with Crippen molar-refractivity contribution in [1.82, 2.24) is 16.0 Å². The maximum atomic E-state index is 13.3. The number of cyclic esters (lactones) is 1. The van der Waals surface area contributed by atoms with E-state index in [1.54, 1.807) is 12.1 Å². The first kappa shape index (κ1) is 32.6. The van der Waals surface area contributed by atoms with Crippen molar-refractivity contribution in [3.05, 3.63) is 41.0 Å². The molecule has 1 amide bonds. The zero-order valence-electron chi connectivity index (χ0n) is 26.2. The molecule has 5 rings (SSSR count). The Hall–Kier alpha value is -3.74. The summed E-state index contributed by atoms with van der Waals surface area (Å²) in [7, 11) is 2.92. The number of benzene rings is 2. The van der Waals surface area contributed by atoms with Crippen LogP contribution in [0.2, 0.25) is 0 Å². The van der Waals surface area contributed by atoms with Gasteiger partial charge in [-0.25, -0.2) is 0 Å². The first-order chi connectivity index (χ1) is 22.0. The smallest absolute Gasteiger partial charge is 0.310 e. The third kappa shape index (κ3) is 7.40. The molecule has 2 aliphatic heterocycles. The van der Waals surface area contributed by atoms with Gasteiger partial charge >= 0.3 is 5.97 Å². The second kappa shape index (κ2) is 15.5. The number of hydrogen-bond acceptors (Lipinski definition) is 11. The number of ether oxygens (including phenoxy) is 5. The van der Waals surface area contributed by atoms with E-state index in [0.29, 0.717) is 29.9 Å². The van der Waals surface area contributed by atoms with Crippen LogP contribution in [0.25, 0.3) is 0 Å². The lowest BCUT2D eigenvalue weighted by Gasteiger charge is -2.39. The number of phenolic OH excluding ortho intramolecular Hbond substituents is 1. The summed E-state index contributed by atoms with van der Waals surface area (Å²) < 4.78 is 27.9. The first-order valence-electron chi connectivity index (χ1n) is 15.9. The van der Waals surface area contributed by atoms with Crippen LogP contribution >= 0.6 is 0 Å². The van der Waals surface area contributed by atoms with E-state index < -0.39 is 17.9 Å². The van der Waals surface area contributed by atoms with E-state index in [9.17, 15) is 14.7 Å². The van der Waals surface area contributed by atoms with Crippen LogP contribution in [0.15, 0.2) is 24.3 Å². The molecule has 2 aromatic rings. The van der Waals surface area contributed by atoms with Gasteiger partial charge in [-0.3, -0.25) is 9.59 Å². The summed E-state index contributed by atoms with van der Waals surface area (Å²) >= 11 is 0. The second-order valence-corrected chi connectivity index (χ2v) is 11.8. The van der Waals surface area contributed by atoms with Crippen molar-refractivity contribution < 1.29 is 38.4 Å². The molecule has 1 saturated heterocycles. The zero-order chi connectivity index (χ0) is 31.8. The Kier molecular flexibility index (Phi) is 11.2. The topological polar surface area (TPSA) is 163 Å². The number of aromatic hydroxyl groups is 1. The zero-order valence-corrected chi connectivity index (χ0v) is 26.2. The van der Waals surface area contributed by atoms with Gasteiger partial charge in [0.15, 0.2) is 23.0 Å².